The third-order valence-corrected chi connectivity index (χ3v) is 1.92. The van der Waals surface area contributed by atoms with E-state index in [1.165, 1.54) is 6.39 Å². The van der Waals surface area contributed by atoms with Crippen LogP contribution in [-0.4, -0.2) is 18.7 Å². The summed E-state index contributed by atoms with van der Waals surface area (Å²) < 4.78 is 10.0. The third-order valence-electron chi connectivity index (χ3n) is 1.39. The predicted octanol–water partition coefficient (Wildman–Crippen LogP) is 1.76. The summed E-state index contributed by atoms with van der Waals surface area (Å²) in [7, 11) is 1.67. The molecule has 0 unspecified atom stereocenters. The summed E-state index contributed by atoms with van der Waals surface area (Å²) in [6.45, 7) is 0.676. The highest BCUT2D eigenvalue weighted by Gasteiger charge is 2.04. The van der Waals surface area contributed by atoms with Crippen LogP contribution in [0.4, 0.5) is 0 Å². The van der Waals surface area contributed by atoms with Gasteiger partial charge in [-0.15, -0.1) is 0 Å². The molecule has 0 saturated carbocycles. The van der Waals surface area contributed by atoms with E-state index >= 15 is 0 Å². The number of rotatable bonds is 4. The minimum atomic E-state index is 0.676. The number of aromatic nitrogens is 1. The fourth-order valence-corrected chi connectivity index (χ4v) is 1.26. The second-order valence-electron chi connectivity index (χ2n) is 2.10. The Balaban J connectivity index is 2.54. The van der Waals surface area contributed by atoms with Crippen molar-refractivity contribution in [1.82, 2.24) is 4.98 Å². The fourth-order valence-electron chi connectivity index (χ4n) is 0.801. The first-order chi connectivity index (χ1) is 5.38. The molecule has 0 N–H and O–H groups in total. The quantitative estimate of drug-likeness (QED) is 0.725. The lowest BCUT2D eigenvalue weighted by Gasteiger charge is -1.95. The number of alkyl halides is 1. The summed E-state index contributed by atoms with van der Waals surface area (Å²) in [5.41, 5.74) is 0.960. The minimum Gasteiger partial charge on any atom is -0.448 e. The van der Waals surface area contributed by atoms with Gasteiger partial charge in [-0.2, -0.15) is 0 Å². The maximum absolute atomic E-state index is 5.14. The van der Waals surface area contributed by atoms with Gasteiger partial charge in [-0.05, 0) is 0 Å². The maximum atomic E-state index is 5.14. The molecule has 3 nitrogen and oxygen atoms in total. The zero-order chi connectivity index (χ0) is 8.10. The Morgan fingerprint density at radius 1 is 1.73 bits per heavy atom. The number of ether oxygens (including phenoxy) is 1. The Labute approximate surface area is 73.9 Å². The van der Waals surface area contributed by atoms with E-state index in [0.717, 1.165) is 23.2 Å². The number of hydrogen-bond donors (Lipinski definition) is 0. The van der Waals surface area contributed by atoms with E-state index in [4.69, 9.17) is 9.15 Å². The highest BCUT2D eigenvalue weighted by molar-refractivity contribution is 9.08. The van der Waals surface area contributed by atoms with E-state index in [1.807, 2.05) is 0 Å². The SMILES string of the molecule is COCCc1ocnc1CBr. The fraction of sp³-hybridized carbons (Fsp3) is 0.571. The van der Waals surface area contributed by atoms with Crippen molar-refractivity contribution in [2.45, 2.75) is 11.8 Å². The first-order valence-corrected chi connectivity index (χ1v) is 4.46. The molecule has 1 aromatic heterocycles. The lowest BCUT2D eigenvalue weighted by atomic mass is 10.3. The molecule has 0 aliphatic carbocycles. The Hall–Kier alpha value is -0.350. The monoisotopic (exact) mass is 219 g/mol. The molecule has 0 saturated heterocycles. The maximum Gasteiger partial charge on any atom is 0.181 e. The number of hydrogen-bond acceptors (Lipinski definition) is 3. The average Bonchev–Trinajstić information content (AvgIpc) is 2.47. The molecule has 0 atom stereocenters. The van der Waals surface area contributed by atoms with Gasteiger partial charge in [-0.25, -0.2) is 4.98 Å². The first kappa shape index (κ1) is 8.74. The Bertz CT molecular complexity index is 212. The second-order valence-corrected chi connectivity index (χ2v) is 2.66. The molecule has 1 rings (SSSR count). The molecule has 0 aromatic carbocycles. The summed E-state index contributed by atoms with van der Waals surface area (Å²) in [5.74, 6) is 0.906. The molecule has 0 aliphatic rings. The average molecular weight is 220 g/mol. The number of methoxy groups -OCH3 is 1. The summed E-state index contributed by atoms with van der Waals surface area (Å²) in [6, 6.07) is 0. The van der Waals surface area contributed by atoms with Crippen molar-refractivity contribution in [3.63, 3.8) is 0 Å². The molecule has 1 aromatic rings. The van der Waals surface area contributed by atoms with Crippen LogP contribution >= 0.6 is 15.9 Å². The van der Waals surface area contributed by atoms with Gasteiger partial charge in [0.1, 0.15) is 5.76 Å². The van der Waals surface area contributed by atoms with Gasteiger partial charge < -0.3 is 9.15 Å². The lowest BCUT2D eigenvalue weighted by Crippen LogP contribution is -1.95. The van der Waals surface area contributed by atoms with Crippen LogP contribution in [0.2, 0.25) is 0 Å². The summed E-state index contributed by atoms with van der Waals surface area (Å²) in [6.07, 6.45) is 2.25. The van der Waals surface area contributed by atoms with Gasteiger partial charge in [-0.1, -0.05) is 15.9 Å². The van der Waals surface area contributed by atoms with Gasteiger partial charge in [0.05, 0.1) is 12.3 Å². The van der Waals surface area contributed by atoms with Gasteiger partial charge in [0.2, 0.25) is 0 Å². The van der Waals surface area contributed by atoms with Crippen molar-refractivity contribution in [2.75, 3.05) is 13.7 Å². The third kappa shape index (κ3) is 2.31. The molecular weight excluding hydrogens is 210 g/mol. The smallest absolute Gasteiger partial charge is 0.181 e. The molecule has 62 valence electrons. The molecule has 0 fully saturated rings. The van der Waals surface area contributed by atoms with Gasteiger partial charge in [0.25, 0.3) is 0 Å². The molecule has 0 bridgehead atoms. The summed E-state index contributed by atoms with van der Waals surface area (Å²) >= 11 is 3.32. The minimum absolute atomic E-state index is 0.676. The molecule has 11 heavy (non-hydrogen) atoms. The van der Waals surface area contributed by atoms with Crippen molar-refractivity contribution in [2.24, 2.45) is 0 Å². The van der Waals surface area contributed by atoms with Gasteiger partial charge in [-0.3, -0.25) is 0 Å². The number of oxazole rings is 1. The van der Waals surface area contributed by atoms with Gasteiger partial charge >= 0.3 is 0 Å². The molecule has 4 heteroatoms. The predicted molar refractivity (Wildman–Crippen MR) is 44.7 cm³/mol. The molecule has 0 radical (unpaired) electrons. The Morgan fingerprint density at radius 3 is 3.18 bits per heavy atom. The van der Waals surface area contributed by atoms with Gasteiger partial charge in [0.15, 0.2) is 6.39 Å². The number of halogens is 1. The second kappa shape index (κ2) is 4.51. The van der Waals surface area contributed by atoms with Crippen molar-refractivity contribution in [3.05, 3.63) is 17.8 Å². The van der Waals surface area contributed by atoms with Crippen LogP contribution < -0.4 is 0 Å². The first-order valence-electron chi connectivity index (χ1n) is 3.34. The molecule has 1 heterocycles. The van der Waals surface area contributed by atoms with Crippen LogP contribution in [0.5, 0.6) is 0 Å². The van der Waals surface area contributed by atoms with Crippen molar-refractivity contribution < 1.29 is 9.15 Å². The van der Waals surface area contributed by atoms with Crippen LogP contribution in [-0.2, 0) is 16.5 Å². The standard InChI is InChI=1S/C7H10BrNO2/c1-10-3-2-7-6(4-8)9-5-11-7/h5H,2-4H2,1H3. The van der Waals surface area contributed by atoms with Crippen LogP contribution in [0.3, 0.4) is 0 Å². The van der Waals surface area contributed by atoms with Crippen LogP contribution in [0.1, 0.15) is 11.5 Å². The zero-order valence-electron chi connectivity index (χ0n) is 6.34. The Morgan fingerprint density at radius 2 is 2.55 bits per heavy atom. The normalized spacial score (nSPS) is 10.4. The Kier molecular flexibility index (Phi) is 3.59. The van der Waals surface area contributed by atoms with E-state index in [2.05, 4.69) is 20.9 Å². The van der Waals surface area contributed by atoms with Crippen LogP contribution in [0, 0.1) is 0 Å². The van der Waals surface area contributed by atoms with Crippen LogP contribution in [0.25, 0.3) is 0 Å². The molecule has 0 spiro atoms. The van der Waals surface area contributed by atoms with Crippen molar-refractivity contribution in [3.8, 4) is 0 Å². The van der Waals surface area contributed by atoms with Crippen molar-refractivity contribution >= 4 is 15.9 Å². The van der Waals surface area contributed by atoms with E-state index in [0.29, 0.717) is 6.61 Å². The highest BCUT2D eigenvalue weighted by Crippen LogP contribution is 2.10. The van der Waals surface area contributed by atoms with Gasteiger partial charge in [0, 0.05) is 18.9 Å². The topological polar surface area (TPSA) is 35.3 Å². The van der Waals surface area contributed by atoms with Crippen LogP contribution in [0.15, 0.2) is 10.8 Å². The van der Waals surface area contributed by atoms with Crippen molar-refractivity contribution in [1.29, 1.82) is 0 Å². The largest absolute Gasteiger partial charge is 0.448 e. The zero-order valence-corrected chi connectivity index (χ0v) is 7.93. The summed E-state index contributed by atoms with van der Waals surface area (Å²) in [4.78, 5) is 4.02. The van der Waals surface area contributed by atoms with E-state index in [1.54, 1.807) is 7.11 Å². The molecule has 0 aliphatic heterocycles. The highest BCUT2D eigenvalue weighted by atomic mass is 79.9. The molecule has 0 amide bonds. The van der Waals surface area contributed by atoms with E-state index in [9.17, 15) is 0 Å². The molecular formula is C7H10BrNO2. The number of nitrogens with zero attached hydrogens (tertiary/aromatic N) is 1. The summed E-state index contributed by atoms with van der Waals surface area (Å²) in [5, 5.41) is 0.739. The van der Waals surface area contributed by atoms with E-state index in [-0.39, 0.29) is 0 Å². The van der Waals surface area contributed by atoms with E-state index < -0.39 is 0 Å². The lowest BCUT2D eigenvalue weighted by molar-refractivity contribution is 0.196.